The summed E-state index contributed by atoms with van der Waals surface area (Å²) in [5, 5.41) is 0. The number of hydrogen-bond donors (Lipinski definition) is 0. The zero-order valence-electron chi connectivity index (χ0n) is 10.3. The summed E-state index contributed by atoms with van der Waals surface area (Å²) in [7, 11) is 1.78. The highest BCUT2D eigenvalue weighted by atomic mass is 35.5. The summed E-state index contributed by atoms with van der Waals surface area (Å²) < 4.78 is 0. The Labute approximate surface area is 102 Å². The third kappa shape index (κ3) is 2.76. The van der Waals surface area contributed by atoms with E-state index in [4.69, 9.17) is 11.6 Å². The van der Waals surface area contributed by atoms with Gasteiger partial charge in [0.15, 0.2) is 0 Å². The first-order valence-corrected chi connectivity index (χ1v) is 5.86. The van der Waals surface area contributed by atoms with E-state index < -0.39 is 0 Å². The molecular weight excluding hydrogens is 222 g/mol. The number of alkyl halides is 1. The summed E-state index contributed by atoms with van der Waals surface area (Å²) in [6.45, 7) is 6.92. The van der Waals surface area contributed by atoms with Crippen LogP contribution in [0, 0.1) is 20.8 Å². The van der Waals surface area contributed by atoms with Crippen LogP contribution in [-0.4, -0.2) is 23.7 Å². The Morgan fingerprint density at radius 3 is 2.44 bits per heavy atom. The molecule has 0 unspecified atom stereocenters. The molecule has 0 aliphatic carbocycles. The number of carbonyl (C=O) groups is 1. The lowest BCUT2D eigenvalue weighted by Gasteiger charge is -2.19. The molecule has 0 atom stereocenters. The second-order valence-corrected chi connectivity index (χ2v) is 4.44. The Morgan fingerprint density at radius 1 is 1.25 bits per heavy atom. The number of hydrogen-bond acceptors (Lipinski definition) is 1. The first kappa shape index (κ1) is 13.0. The van der Waals surface area contributed by atoms with Crippen LogP contribution in [0.15, 0.2) is 12.1 Å². The molecule has 0 fully saturated rings. The fourth-order valence-corrected chi connectivity index (χ4v) is 1.83. The number of carbonyl (C=O) groups excluding carboxylic acids is 1. The zero-order valence-corrected chi connectivity index (χ0v) is 11.1. The summed E-state index contributed by atoms with van der Waals surface area (Å²) in [4.78, 5) is 13.0. The third-order valence-corrected chi connectivity index (χ3v) is 3.35. The van der Waals surface area contributed by atoms with Crippen LogP contribution in [0.4, 0.5) is 0 Å². The number of benzene rings is 1. The van der Waals surface area contributed by atoms with Gasteiger partial charge in [-0.05, 0) is 43.0 Å². The number of nitrogens with zero attached hydrogens (tertiary/aromatic N) is 1. The minimum atomic E-state index is -0.0423. The second-order valence-electron chi connectivity index (χ2n) is 4.18. The minimum Gasteiger partial charge on any atom is -0.340 e. The largest absolute Gasteiger partial charge is 0.340 e. The van der Waals surface area contributed by atoms with E-state index in [2.05, 4.69) is 32.9 Å². The third-order valence-electron chi connectivity index (χ3n) is 3.12. The molecule has 0 aromatic heterocycles. The van der Waals surface area contributed by atoms with Crippen molar-refractivity contribution in [3.05, 3.63) is 34.4 Å². The van der Waals surface area contributed by atoms with Gasteiger partial charge in [0.05, 0.1) is 0 Å². The van der Waals surface area contributed by atoms with Gasteiger partial charge in [0.1, 0.15) is 5.88 Å². The van der Waals surface area contributed by atoms with Gasteiger partial charge >= 0.3 is 0 Å². The molecule has 0 spiro atoms. The normalized spacial score (nSPS) is 10.3. The highest BCUT2D eigenvalue weighted by Gasteiger charge is 2.10. The van der Waals surface area contributed by atoms with Crippen molar-refractivity contribution in [1.82, 2.24) is 4.90 Å². The first-order valence-electron chi connectivity index (χ1n) is 5.33. The Balaban J connectivity index is 2.90. The van der Waals surface area contributed by atoms with E-state index in [1.54, 1.807) is 11.9 Å². The molecule has 88 valence electrons. The van der Waals surface area contributed by atoms with E-state index in [1.165, 1.54) is 22.3 Å². The molecule has 0 N–H and O–H groups in total. The van der Waals surface area contributed by atoms with Gasteiger partial charge in [-0.15, -0.1) is 11.6 Å². The molecule has 0 aliphatic heterocycles. The molecule has 1 rings (SSSR count). The Hall–Kier alpha value is -1.02. The van der Waals surface area contributed by atoms with Crippen molar-refractivity contribution in [2.75, 3.05) is 12.9 Å². The lowest BCUT2D eigenvalue weighted by molar-refractivity contribution is -0.127. The van der Waals surface area contributed by atoms with Crippen LogP contribution in [0.25, 0.3) is 0 Å². The average Bonchev–Trinajstić information content (AvgIpc) is 2.28. The Morgan fingerprint density at radius 2 is 1.88 bits per heavy atom. The van der Waals surface area contributed by atoms with E-state index in [-0.39, 0.29) is 11.8 Å². The average molecular weight is 240 g/mol. The summed E-state index contributed by atoms with van der Waals surface area (Å²) >= 11 is 5.52. The van der Waals surface area contributed by atoms with Crippen LogP contribution < -0.4 is 0 Å². The van der Waals surface area contributed by atoms with Crippen LogP contribution in [0.5, 0.6) is 0 Å². The van der Waals surface area contributed by atoms with E-state index in [0.29, 0.717) is 6.54 Å². The molecule has 1 amide bonds. The Bertz CT molecular complexity index is 401. The molecular formula is C13H18ClNO. The van der Waals surface area contributed by atoms with Crippen LogP contribution in [0.1, 0.15) is 22.3 Å². The van der Waals surface area contributed by atoms with Crippen molar-refractivity contribution in [2.24, 2.45) is 0 Å². The molecule has 0 saturated heterocycles. The monoisotopic (exact) mass is 239 g/mol. The summed E-state index contributed by atoms with van der Waals surface area (Å²) in [5.74, 6) is -0.000265. The molecule has 0 saturated carbocycles. The maximum Gasteiger partial charge on any atom is 0.237 e. The van der Waals surface area contributed by atoms with Crippen molar-refractivity contribution in [1.29, 1.82) is 0 Å². The van der Waals surface area contributed by atoms with Crippen molar-refractivity contribution >= 4 is 17.5 Å². The van der Waals surface area contributed by atoms with Crippen molar-refractivity contribution < 1.29 is 4.79 Å². The Kier molecular flexibility index (Phi) is 4.36. The fraction of sp³-hybridized carbons (Fsp3) is 0.462. The van der Waals surface area contributed by atoms with Crippen LogP contribution in [0.3, 0.4) is 0 Å². The van der Waals surface area contributed by atoms with Crippen molar-refractivity contribution in [3.63, 3.8) is 0 Å². The van der Waals surface area contributed by atoms with Crippen molar-refractivity contribution in [2.45, 2.75) is 27.3 Å². The van der Waals surface area contributed by atoms with Crippen LogP contribution in [0.2, 0.25) is 0 Å². The SMILES string of the molecule is Cc1ccc(CN(C)C(=O)CCl)c(C)c1C. The van der Waals surface area contributed by atoms with Gasteiger partial charge in [0.25, 0.3) is 0 Å². The maximum absolute atomic E-state index is 11.4. The van der Waals surface area contributed by atoms with Crippen LogP contribution >= 0.6 is 11.6 Å². The van der Waals surface area contributed by atoms with Gasteiger partial charge < -0.3 is 4.90 Å². The van der Waals surface area contributed by atoms with Crippen molar-refractivity contribution in [3.8, 4) is 0 Å². The van der Waals surface area contributed by atoms with Gasteiger partial charge in [0, 0.05) is 13.6 Å². The second kappa shape index (κ2) is 5.35. The standard InChI is InChI=1S/C13H18ClNO/c1-9-5-6-12(11(3)10(9)2)8-15(4)13(16)7-14/h5-6H,7-8H2,1-4H3. The molecule has 0 aliphatic rings. The van der Waals surface area contributed by atoms with Gasteiger partial charge in [-0.3, -0.25) is 4.79 Å². The van der Waals surface area contributed by atoms with Gasteiger partial charge in [-0.25, -0.2) is 0 Å². The number of amides is 1. The lowest BCUT2D eigenvalue weighted by atomic mass is 9.98. The summed E-state index contributed by atoms with van der Waals surface area (Å²) in [5.41, 5.74) is 5.02. The molecule has 0 heterocycles. The smallest absolute Gasteiger partial charge is 0.237 e. The maximum atomic E-state index is 11.4. The highest BCUT2D eigenvalue weighted by Crippen LogP contribution is 2.18. The number of rotatable bonds is 3. The molecule has 2 nitrogen and oxygen atoms in total. The summed E-state index contributed by atoms with van der Waals surface area (Å²) in [6.07, 6.45) is 0. The quantitative estimate of drug-likeness (QED) is 0.743. The van der Waals surface area contributed by atoms with Gasteiger partial charge in [-0.2, -0.15) is 0 Å². The van der Waals surface area contributed by atoms with E-state index in [0.717, 1.165) is 0 Å². The number of halogens is 1. The van der Waals surface area contributed by atoms with E-state index in [9.17, 15) is 4.79 Å². The zero-order chi connectivity index (χ0) is 12.3. The van der Waals surface area contributed by atoms with Gasteiger partial charge in [-0.1, -0.05) is 12.1 Å². The topological polar surface area (TPSA) is 20.3 Å². The fourth-order valence-electron chi connectivity index (χ4n) is 1.63. The number of aryl methyl sites for hydroxylation is 1. The predicted molar refractivity (Wildman–Crippen MR) is 67.8 cm³/mol. The predicted octanol–water partition coefficient (Wildman–Crippen LogP) is 2.81. The molecule has 0 bridgehead atoms. The molecule has 3 heteroatoms. The van der Waals surface area contributed by atoms with E-state index >= 15 is 0 Å². The first-order chi connectivity index (χ1) is 7.47. The lowest BCUT2D eigenvalue weighted by Crippen LogP contribution is -2.27. The highest BCUT2D eigenvalue weighted by molar-refractivity contribution is 6.27. The summed E-state index contributed by atoms with van der Waals surface area (Å²) in [6, 6.07) is 4.17. The molecule has 1 aromatic rings. The van der Waals surface area contributed by atoms with E-state index in [1.807, 2.05) is 0 Å². The van der Waals surface area contributed by atoms with Gasteiger partial charge in [0.2, 0.25) is 5.91 Å². The molecule has 16 heavy (non-hydrogen) atoms. The minimum absolute atomic E-state index is 0.0421. The molecule has 1 aromatic carbocycles. The van der Waals surface area contributed by atoms with Crippen LogP contribution in [-0.2, 0) is 11.3 Å². The molecule has 0 radical (unpaired) electrons.